The summed E-state index contributed by atoms with van der Waals surface area (Å²) in [5, 5.41) is 3.18. The number of hydrogen-bond donors (Lipinski definition) is 1. The molecule has 2 nitrogen and oxygen atoms in total. The van der Waals surface area contributed by atoms with Gasteiger partial charge in [0.1, 0.15) is 0 Å². The molecule has 1 aromatic carbocycles. The SMILES string of the molecule is CNCc1cccc(N2CC(C)(C)C2)c1. The van der Waals surface area contributed by atoms with E-state index in [1.54, 1.807) is 0 Å². The van der Waals surface area contributed by atoms with Crippen molar-refractivity contribution in [3.05, 3.63) is 29.8 Å². The molecule has 1 aromatic rings. The highest BCUT2D eigenvalue weighted by Gasteiger charge is 2.33. The third kappa shape index (κ3) is 2.32. The molecule has 0 radical (unpaired) electrons. The van der Waals surface area contributed by atoms with Gasteiger partial charge < -0.3 is 10.2 Å². The summed E-state index contributed by atoms with van der Waals surface area (Å²) in [4.78, 5) is 2.44. The number of nitrogens with one attached hydrogen (secondary N) is 1. The highest BCUT2D eigenvalue weighted by atomic mass is 15.2. The van der Waals surface area contributed by atoms with Gasteiger partial charge in [0.15, 0.2) is 0 Å². The van der Waals surface area contributed by atoms with Crippen LogP contribution >= 0.6 is 0 Å². The molecule has 0 atom stereocenters. The lowest BCUT2D eigenvalue weighted by atomic mass is 9.84. The minimum absolute atomic E-state index is 0.499. The summed E-state index contributed by atoms with van der Waals surface area (Å²) in [6.45, 7) is 7.94. The first-order chi connectivity index (χ1) is 7.11. The molecular formula is C13H20N2. The van der Waals surface area contributed by atoms with Crippen molar-refractivity contribution in [2.24, 2.45) is 5.41 Å². The normalized spacial score (nSPS) is 18.7. The number of nitrogens with zero attached hydrogens (tertiary/aromatic N) is 1. The molecule has 0 saturated carbocycles. The van der Waals surface area contributed by atoms with E-state index in [1.807, 2.05) is 7.05 Å². The van der Waals surface area contributed by atoms with Gasteiger partial charge in [-0.1, -0.05) is 26.0 Å². The van der Waals surface area contributed by atoms with Crippen molar-refractivity contribution in [3.8, 4) is 0 Å². The molecule has 1 fully saturated rings. The second-order valence-corrected chi connectivity index (χ2v) is 5.22. The summed E-state index contributed by atoms with van der Waals surface area (Å²) in [5.74, 6) is 0. The van der Waals surface area contributed by atoms with Crippen LogP contribution in [0.3, 0.4) is 0 Å². The first-order valence-electron chi connectivity index (χ1n) is 5.59. The molecule has 0 bridgehead atoms. The molecular weight excluding hydrogens is 184 g/mol. The van der Waals surface area contributed by atoms with Gasteiger partial charge in [0, 0.05) is 25.3 Å². The summed E-state index contributed by atoms with van der Waals surface area (Å²) in [5.41, 5.74) is 3.22. The van der Waals surface area contributed by atoms with E-state index >= 15 is 0 Å². The third-order valence-corrected chi connectivity index (χ3v) is 2.89. The Bertz CT molecular complexity index is 336. The molecule has 1 saturated heterocycles. The Morgan fingerprint density at radius 2 is 2.07 bits per heavy atom. The van der Waals surface area contributed by atoms with Crippen LogP contribution in [0.15, 0.2) is 24.3 Å². The Labute approximate surface area is 92.3 Å². The number of hydrogen-bond acceptors (Lipinski definition) is 2. The van der Waals surface area contributed by atoms with E-state index in [-0.39, 0.29) is 0 Å². The first-order valence-corrected chi connectivity index (χ1v) is 5.59. The van der Waals surface area contributed by atoms with Crippen LogP contribution in [-0.2, 0) is 6.54 Å². The second-order valence-electron chi connectivity index (χ2n) is 5.22. The third-order valence-electron chi connectivity index (χ3n) is 2.89. The molecule has 1 N–H and O–H groups in total. The van der Waals surface area contributed by atoms with Gasteiger partial charge in [0.2, 0.25) is 0 Å². The molecule has 0 spiro atoms. The Hall–Kier alpha value is -1.02. The summed E-state index contributed by atoms with van der Waals surface area (Å²) in [6, 6.07) is 8.80. The summed E-state index contributed by atoms with van der Waals surface area (Å²) in [6.07, 6.45) is 0. The smallest absolute Gasteiger partial charge is 0.0369 e. The lowest BCUT2D eigenvalue weighted by molar-refractivity contribution is 0.276. The molecule has 0 aromatic heterocycles. The number of rotatable bonds is 3. The maximum atomic E-state index is 3.18. The Balaban J connectivity index is 2.06. The van der Waals surface area contributed by atoms with Gasteiger partial charge in [-0.05, 0) is 30.2 Å². The highest BCUT2D eigenvalue weighted by molar-refractivity contribution is 5.51. The van der Waals surface area contributed by atoms with Crippen molar-refractivity contribution >= 4 is 5.69 Å². The van der Waals surface area contributed by atoms with Crippen LogP contribution in [0.4, 0.5) is 5.69 Å². The van der Waals surface area contributed by atoms with E-state index in [2.05, 4.69) is 48.3 Å². The van der Waals surface area contributed by atoms with Crippen molar-refractivity contribution in [1.29, 1.82) is 0 Å². The van der Waals surface area contributed by atoms with Crippen molar-refractivity contribution in [1.82, 2.24) is 5.32 Å². The van der Waals surface area contributed by atoms with Crippen molar-refractivity contribution < 1.29 is 0 Å². The van der Waals surface area contributed by atoms with Crippen LogP contribution in [-0.4, -0.2) is 20.1 Å². The van der Waals surface area contributed by atoms with E-state index in [4.69, 9.17) is 0 Å². The second kappa shape index (κ2) is 3.86. The molecule has 0 aliphatic carbocycles. The zero-order valence-electron chi connectivity index (χ0n) is 9.88. The van der Waals surface area contributed by atoms with E-state index in [0.717, 1.165) is 6.54 Å². The van der Waals surface area contributed by atoms with Gasteiger partial charge in [-0.2, -0.15) is 0 Å². The maximum Gasteiger partial charge on any atom is 0.0369 e. The van der Waals surface area contributed by atoms with Crippen molar-refractivity contribution in [2.75, 3.05) is 25.0 Å². The Morgan fingerprint density at radius 1 is 1.33 bits per heavy atom. The first kappa shape index (κ1) is 10.5. The standard InChI is InChI=1S/C13H20N2/c1-13(2)9-15(10-13)12-6-4-5-11(7-12)8-14-3/h4-7,14H,8-10H2,1-3H3. The Kier molecular flexibility index (Phi) is 2.70. The summed E-state index contributed by atoms with van der Waals surface area (Å²) in [7, 11) is 1.99. The maximum absolute atomic E-state index is 3.18. The van der Waals surface area contributed by atoms with Gasteiger partial charge in [-0.25, -0.2) is 0 Å². The quantitative estimate of drug-likeness (QED) is 0.812. The fourth-order valence-electron chi connectivity index (χ4n) is 2.24. The van der Waals surface area contributed by atoms with Gasteiger partial charge in [0.05, 0.1) is 0 Å². The molecule has 1 aliphatic rings. The molecule has 1 heterocycles. The minimum Gasteiger partial charge on any atom is -0.370 e. The molecule has 0 unspecified atom stereocenters. The molecule has 2 heteroatoms. The molecule has 1 aliphatic heterocycles. The van der Waals surface area contributed by atoms with E-state index < -0.39 is 0 Å². The highest BCUT2D eigenvalue weighted by Crippen LogP contribution is 2.33. The van der Waals surface area contributed by atoms with Crippen LogP contribution in [0.5, 0.6) is 0 Å². The monoisotopic (exact) mass is 204 g/mol. The van der Waals surface area contributed by atoms with Gasteiger partial charge >= 0.3 is 0 Å². The predicted octanol–water partition coefficient (Wildman–Crippen LogP) is 2.25. The van der Waals surface area contributed by atoms with E-state index in [0.29, 0.717) is 5.41 Å². The van der Waals surface area contributed by atoms with Crippen LogP contribution < -0.4 is 10.2 Å². The van der Waals surface area contributed by atoms with Crippen molar-refractivity contribution in [3.63, 3.8) is 0 Å². The lowest BCUT2D eigenvalue weighted by Crippen LogP contribution is -2.53. The molecule has 15 heavy (non-hydrogen) atoms. The average molecular weight is 204 g/mol. The van der Waals surface area contributed by atoms with Crippen LogP contribution in [0.1, 0.15) is 19.4 Å². The predicted molar refractivity (Wildman–Crippen MR) is 65.2 cm³/mol. The van der Waals surface area contributed by atoms with Crippen LogP contribution in [0.25, 0.3) is 0 Å². The van der Waals surface area contributed by atoms with Gasteiger partial charge in [0.25, 0.3) is 0 Å². The molecule has 0 amide bonds. The Morgan fingerprint density at radius 3 is 2.67 bits per heavy atom. The van der Waals surface area contributed by atoms with E-state index in [1.165, 1.54) is 24.3 Å². The van der Waals surface area contributed by atoms with E-state index in [9.17, 15) is 0 Å². The number of benzene rings is 1. The average Bonchev–Trinajstić information content (AvgIpc) is 2.15. The van der Waals surface area contributed by atoms with Crippen molar-refractivity contribution in [2.45, 2.75) is 20.4 Å². The largest absolute Gasteiger partial charge is 0.370 e. The van der Waals surface area contributed by atoms with Crippen LogP contribution in [0, 0.1) is 5.41 Å². The lowest BCUT2D eigenvalue weighted by Gasteiger charge is -2.47. The fraction of sp³-hybridized carbons (Fsp3) is 0.538. The van der Waals surface area contributed by atoms with Gasteiger partial charge in [-0.3, -0.25) is 0 Å². The van der Waals surface area contributed by atoms with Crippen LogP contribution in [0.2, 0.25) is 0 Å². The summed E-state index contributed by atoms with van der Waals surface area (Å²) < 4.78 is 0. The number of anilines is 1. The summed E-state index contributed by atoms with van der Waals surface area (Å²) >= 11 is 0. The minimum atomic E-state index is 0.499. The molecule has 2 rings (SSSR count). The molecule has 82 valence electrons. The zero-order chi connectivity index (χ0) is 10.9. The fourth-order valence-corrected chi connectivity index (χ4v) is 2.24. The van der Waals surface area contributed by atoms with Gasteiger partial charge in [-0.15, -0.1) is 0 Å². The topological polar surface area (TPSA) is 15.3 Å². The zero-order valence-corrected chi connectivity index (χ0v) is 9.88.